The second-order valence-electron chi connectivity index (χ2n) is 7.20. The Morgan fingerprint density at radius 2 is 1.76 bits per heavy atom. The Morgan fingerprint density at radius 3 is 2.52 bits per heavy atom. The van der Waals surface area contributed by atoms with Gasteiger partial charge in [-0.2, -0.15) is 4.98 Å². The van der Waals surface area contributed by atoms with Crippen LogP contribution in [0.25, 0.3) is 0 Å². The molecule has 33 heavy (non-hydrogen) atoms. The van der Waals surface area contributed by atoms with Crippen molar-refractivity contribution in [1.29, 1.82) is 0 Å². The lowest BCUT2D eigenvalue weighted by molar-refractivity contribution is -0.118. The van der Waals surface area contributed by atoms with Gasteiger partial charge in [0.1, 0.15) is 5.75 Å². The fourth-order valence-corrected chi connectivity index (χ4v) is 4.23. The van der Waals surface area contributed by atoms with Gasteiger partial charge in [-0.3, -0.25) is 4.79 Å². The smallest absolute Gasteiger partial charge is 0.262 e. The largest absolute Gasteiger partial charge is 0.484 e. The van der Waals surface area contributed by atoms with Gasteiger partial charge in [0, 0.05) is 9.92 Å². The lowest BCUT2D eigenvalue weighted by atomic mass is 10.2. The number of para-hydroxylation sites is 1. The molecule has 168 valence electrons. The van der Waals surface area contributed by atoms with Gasteiger partial charge >= 0.3 is 0 Å². The van der Waals surface area contributed by atoms with Crippen molar-refractivity contribution in [2.24, 2.45) is 0 Å². The average Bonchev–Trinajstić information content (AvgIpc) is 3.14. The van der Waals surface area contributed by atoms with E-state index in [1.165, 1.54) is 11.8 Å². The van der Waals surface area contributed by atoms with Crippen LogP contribution >= 0.6 is 35.0 Å². The van der Waals surface area contributed by atoms with E-state index in [1.807, 2.05) is 79.7 Å². The average molecular weight is 499 g/mol. The predicted octanol–water partition coefficient (Wildman–Crippen LogP) is 6.11. The summed E-state index contributed by atoms with van der Waals surface area (Å²) in [7, 11) is 0. The molecule has 0 saturated carbocycles. The lowest BCUT2D eigenvalue weighted by Crippen LogP contribution is -2.20. The topological polar surface area (TPSA) is 69.0 Å². The molecule has 1 heterocycles. The molecule has 3 aromatic carbocycles. The number of anilines is 1. The van der Waals surface area contributed by atoms with E-state index in [0.29, 0.717) is 28.2 Å². The summed E-state index contributed by atoms with van der Waals surface area (Å²) in [5, 5.41) is 8.62. The molecule has 4 rings (SSSR count). The van der Waals surface area contributed by atoms with Gasteiger partial charge in [0.2, 0.25) is 5.28 Å². The lowest BCUT2D eigenvalue weighted by Gasteiger charge is -2.12. The molecule has 4 aromatic rings. The SMILES string of the molecule is Cc1ccc(OCC(=O)Nc2ccccc2Sc2nc(Cl)nn2Cc2ccc(Cl)cc2)cc1. The third-order valence-corrected chi connectivity index (χ3v) is 6.08. The minimum absolute atomic E-state index is 0.0966. The monoisotopic (exact) mass is 498 g/mol. The van der Waals surface area contributed by atoms with Crippen LogP contribution in [0.15, 0.2) is 82.8 Å². The maximum Gasteiger partial charge on any atom is 0.262 e. The number of hydrogen-bond acceptors (Lipinski definition) is 5. The van der Waals surface area contributed by atoms with Gasteiger partial charge in [0.25, 0.3) is 5.91 Å². The van der Waals surface area contributed by atoms with Crippen molar-refractivity contribution in [2.45, 2.75) is 23.5 Å². The van der Waals surface area contributed by atoms with Crippen LogP contribution in [-0.2, 0) is 11.3 Å². The molecule has 9 heteroatoms. The molecule has 0 aliphatic heterocycles. The van der Waals surface area contributed by atoms with E-state index in [1.54, 1.807) is 4.68 Å². The molecule has 6 nitrogen and oxygen atoms in total. The molecule has 1 aromatic heterocycles. The highest BCUT2D eigenvalue weighted by molar-refractivity contribution is 7.99. The predicted molar refractivity (Wildman–Crippen MR) is 131 cm³/mol. The summed E-state index contributed by atoms with van der Waals surface area (Å²) in [6.45, 7) is 2.38. The first kappa shape index (κ1) is 23.2. The molecule has 0 radical (unpaired) electrons. The van der Waals surface area contributed by atoms with Crippen LogP contribution in [0.1, 0.15) is 11.1 Å². The number of rotatable bonds is 8. The minimum atomic E-state index is -0.260. The minimum Gasteiger partial charge on any atom is -0.484 e. The van der Waals surface area contributed by atoms with Crippen LogP contribution in [0.2, 0.25) is 10.3 Å². The second-order valence-corrected chi connectivity index (χ2v) is 8.98. The van der Waals surface area contributed by atoms with Crippen molar-refractivity contribution in [3.05, 3.63) is 94.2 Å². The number of halogens is 2. The number of aromatic nitrogens is 3. The summed E-state index contributed by atoms with van der Waals surface area (Å²) in [5.41, 5.74) is 2.79. The van der Waals surface area contributed by atoms with Crippen LogP contribution < -0.4 is 10.1 Å². The van der Waals surface area contributed by atoms with Gasteiger partial charge in [-0.1, -0.05) is 53.6 Å². The Bertz CT molecular complexity index is 1240. The number of hydrogen-bond donors (Lipinski definition) is 1. The van der Waals surface area contributed by atoms with Crippen LogP contribution in [0.4, 0.5) is 5.69 Å². The number of aryl methyl sites for hydroxylation is 1. The van der Waals surface area contributed by atoms with Crippen molar-refractivity contribution < 1.29 is 9.53 Å². The third-order valence-electron chi connectivity index (χ3n) is 4.61. The molecule has 0 bridgehead atoms. The fourth-order valence-electron chi connectivity index (χ4n) is 2.97. The number of ether oxygens (including phenoxy) is 1. The number of carbonyl (C=O) groups excluding carboxylic acids is 1. The summed E-state index contributed by atoms with van der Waals surface area (Å²) in [6.07, 6.45) is 0. The molecule has 1 amide bonds. The number of amides is 1. The van der Waals surface area contributed by atoms with Gasteiger partial charge in [-0.15, -0.1) is 5.10 Å². The van der Waals surface area contributed by atoms with Crippen molar-refractivity contribution in [3.63, 3.8) is 0 Å². The molecule has 0 spiro atoms. The van der Waals surface area contributed by atoms with Crippen molar-refractivity contribution in [1.82, 2.24) is 14.8 Å². The first-order chi connectivity index (χ1) is 16.0. The van der Waals surface area contributed by atoms with E-state index < -0.39 is 0 Å². The Morgan fingerprint density at radius 1 is 1.03 bits per heavy atom. The number of carbonyl (C=O) groups is 1. The molecule has 0 atom stereocenters. The van der Waals surface area contributed by atoms with E-state index in [4.69, 9.17) is 27.9 Å². The molecular formula is C24H20Cl2N4O2S. The highest BCUT2D eigenvalue weighted by Gasteiger charge is 2.15. The van der Waals surface area contributed by atoms with Crippen LogP contribution in [0, 0.1) is 6.92 Å². The zero-order valence-electron chi connectivity index (χ0n) is 17.7. The molecule has 0 saturated heterocycles. The van der Waals surface area contributed by atoms with Gasteiger partial charge in [-0.05, 0) is 72.2 Å². The molecule has 1 N–H and O–H groups in total. The first-order valence-electron chi connectivity index (χ1n) is 10.1. The summed E-state index contributed by atoms with van der Waals surface area (Å²) in [6, 6.07) is 22.5. The van der Waals surface area contributed by atoms with Gasteiger partial charge < -0.3 is 10.1 Å². The van der Waals surface area contributed by atoms with E-state index in [-0.39, 0.29) is 17.8 Å². The van der Waals surface area contributed by atoms with Crippen molar-refractivity contribution in [3.8, 4) is 5.75 Å². The zero-order chi connectivity index (χ0) is 23.2. The molecule has 0 fully saturated rings. The Hall–Kier alpha value is -3.00. The van der Waals surface area contributed by atoms with E-state index in [0.717, 1.165) is 16.0 Å². The Kier molecular flexibility index (Phi) is 7.54. The highest BCUT2D eigenvalue weighted by atomic mass is 35.5. The highest BCUT2D eigenvalue weighted by Crippen LogP contribution is 2.33. The summed E-state index contributed by atoms with van der Waals surface area (Å²) >= 11 is 13.4. The van der Waals surface area contributed by atoms with Gasteiger partial charge in [-0.25, -0.2) is 4.68 Å². The van der Waals surface area contributed by atoms with E-state index >= 15 is 0 Å². The van der Waals surface area contributed by atoms with Crippen LogP contribution in [-0.4, -0.2) is 27.3 Å². The van der Waals surface area contributed by atoms with Crippen LogP contribution in [0.3, 0.4) is 0 Å². The number of benzene rings is 3. The van der Waals surface area contributed by atoms with E-state index in [9.17, 15) is 4.79 Å². The number of nitrogens with one attached hydrogen (secondary N) is 1. The van der Waals surface area contributed by atoms with Crippen molar-refractivity contribution >= 4 is 46.6 Å². The summed E-state index contributed by atoms with van der Waals surface area (Å²) < 4.78 is 7.30. The van der Waals surface area contributed by atoms with Gasteiger partial charge in [0.05, 0.1) is 12.2 Å². The molecule has 0 aliphatic rings. The number of nitrogens with zero attached hydrogens (tertiary/aromatic N) is 3. The fraction of sp³-hybridized carbons (Fsp3) is 0.125. The molecule has 0 aliphatic carbocycles. The summed E-state index contributed by atoms with van der Waals surface area (Å²) in [4.78, 5) is 17.6. The molecule has 0 unspecified atom stereocenters. The van der Waals surface area contributed by atoms with Gasteiger partial charge in [0.15, 0.2) is 11.8 Å². The second kappa shape index (κ2) is 10.7. The van der Waals surface area contributed by atoms with Crippen molar-refractivity contribution in [2.75, 3.05) is 11.9 Å². The van der Waals surface area contributed by atoms with Crippen LogP contribution in [0.5, 0.6) is 5.75 Å². The normalized spacial score (nSPS) is 10.8. The first-order valence-corrected chi connectivity index (χ1v) is 11.6. The summed E-state index contributed by atoms with van der Waals surface area (Å²) in [5.74, 6) is 0.382. The zero-order valence-corrected chi connectivity index (χ0v) is 20.0. The Labute approximate surface area is 205 Å². The maximum absolute atomic E-state index is 12.5. The maximum atomic E-state index is 12.5. The van der Waals surface area contributed by atoms with E-state index in [2.05, 4.69) is 15.4 Å². The molecular weight excluding hydrogens is 479 g/mol. The quantitative estimate of drug-likeness (QED) is 0.317. The third kappa shape index (κ3) is 6.51. The standard InChI is InChI=1S/C24H20Cl2N4O2S/c1-16-6-12-19(13-7-16)32-15-22(31)27-20-4-2-3-5-21(20)33-24-28-23(26)29-30(24)14-17-8-10-18(25)11-9-17/h2-13H,14-15H2,1H3,(H,27,31). The Balaban J connectivity index is 1.45.